The summed E-state index contributed by atoms with van der Waals surface area (Å²) >= 11 is 6.16. The first-order valence-corrected chi connectivity index (χ1v) is 11.5. The second-order valence-electron chi connectivity index (χ2n) is 8.56. The Hall–Kier alpha value is -2.89. The van der Waals surface area contributed by atoms with Crippen LogP contribution in [0.1, 0.15) is 32.6 Å². The number of rotatable bonds is 6. The Morgan fingerprint density at radius 2 is 1.79 bits per heavy atom. The van der Waals surface area contributed by atoms with Gasteiger partial charge >= 0.3 is 0 Å². The summed E-state index contributed by atoms with van der Waals surface area (Å²) in [5.74, 6) is 0.563. The van der Waals surface area contributed by atoms with Gasteiger partial charge in [-0.3, -0.25) is 9.69 Å². The number of hydrogen-bond donors (Lipinski definition) is 0. The summed E-state index contributed by atoms with van der Waals surface area (Å²) in [6.45, 7) is 7.90. The lowest BCUT2D eigenvalue weighted by molar-refractivity contribution is 0.0628. The van der Waals surface area contributed by atoms with Gasteiger partial charge in [0.25, 0.3) is 5.91 Å². The van der Waals surface area contributed by atoms with Crippen LogP contribution in [-0.4, -0.2) is 41.9 Å². The predicted molar refractivity (Wildman–Crippen MR) is 129 cm³/mol. The van der Waals surface area contributed by atoms with Crippen molar-refractivity contribution in [2.75, 3.05) is 26.2 Å². The van der Waals surface area contributed by atoms with Crippen molar-refractivity contribution in [2.24, 2.45) is 0 Å². The van der Waals surface area contributed by atoms with Crippen LogP contribution in [0.2, 0.25) is 5.02 Å². The maximum atomic E-state index is 13.3. The zero-order chi connectivity index (χ0) is 23.4. The molecule has 0 N–H and O–H groups in total. The molecule has 0 spiro atoms. The molecule has 3 aromatic rings. The molecule has 1 heterocycles. The van der Waals surface area contributed by atoms with E-state index >= 15 is 0 Å². The first-order valence-electron chi connectivity index (χ1n) is 11.1. The molecule has 0 unspecified atom stereocenters. The molecule has 1 amide bonds. The Balaban J connectivity index is 1.33. The van der Waals surface area contributed by atoms with E-state index in [0.717, 1.165) is 41.1 Å². The Bertz CT molecular complexity index is 1140. The quantitative estimate of drug-likeness (QED) is 0.471. The molecule has 1 aliphatic heterocycles. The fourth-order valence-electron chi connectivity index (χ4n) is 4.00. The minimum atomic E-state index is -0.333. The van der Waals surface area contributed by atoms with Crippen molar-refractivity contribution in [3.63, 3.8) is 0 Å². The predicted octanol–water partition coefficient (Wildman–Crippen LogP) is 5.63. The number of ether oxygens (including phenoxy) is 1. The SMILES string of the molecule is Cc1ccc(C)c(OCc2cccc(C(=O)N3CCN(Cc4ccc(F)cc4Cl)CC3)c2)c1. The fourth-order valence-corrected chi connectivity index (χ4v) is 4.23. The summed E-state index contributed by atoms with van der Waals surface area (Å²) in [7, 11) is 0. The number of benzene rings is 3. The average Bonchev–Trinajstić information content (AvgIpc) is 2.82. The summed E-state index contributed by atoms with van der Waals surface area (Å²) in [4.78, 5) is 17.2. The van der Waals surface area contributed by atoms with Crippen molar-refractivity contribution in [3.05, 3.63) is 99.3 Å². The monoisotopic (exact) mass is 466 g/mol. The minimum Gasteiger partial charge on any atom is -0.489 e. The van der Waals surface area contributed by atoms with Gasteiger partial charge in [0.05, 0.1) is 0 Å². The Kier molecular flexibility index (Phi) is 7.31. The Morgan fingerprint density at radius 1 is 1.00 bits per heavy atom. The third-order valence-corrected chi connectivity index (χ3v) is 6.33. The van der Waals surface area contributed by atoms with E-state index < -0.39 is 0 Å². The van der Waals surface area contributed by atoms with Crippen molar-refractivity contribution >= 4 is 17.5 Å². The second-order valence-corrected chi connectivity index (χ2v) is 8.97. The van der Waals surface area contributed by atoms with Gasteiger partial charge in [0.2, 0.25) is 0 Å². The van der Waals surface area contributed by atoms with Crippen molar-refractivity contribution < 1.29 is 13.9 Å². The molecule has 0 aromatic heterocycles. The van der Waals surface area contributed by atoms with Crippen LogP contribution in [0.5, 0.6) is 5.75 Å². The van der Waals surface area contributed by atoms with E-state index in [0.29, 0.717) is 36.8 Å². The molecular weight excluding hydrogens is 439 g/mol. The third-order valence-electron chi connectivity index (χ3n) is 5.98. The maximum Gasteiger partial charge on any atom is 0.253 e. The molecule has 4 rings (SSSR count). The van der Waals surface area contributed by atoms with Crippen LogP contribution in [0.4, 0.5) is 4.39 Å². The standard InChI is InChI=1S/C27H28ClFN2O2/c1-19-6-7-20(2)26(14-19)33-18-21-4-3-5-22(15-21)27(32)31-12-10-30(11-13-31)17-23-8-9-24(29)16-25(23)28/h3-9,14-16H,10-13,17-18H2,1-2H3. The molecule has 0 atom stereocenters. The number of nitrogens with zero attached hydrogens (tertiary/aromatic N) is 2. The van der Waals surface area contributed by atoms with Crippen molar-refractivity contribution in [2.45, 2.75) is 27.0 Å². The summed E-state index contributed by atoms with van der Waals surface area (Å²) in [6.07, 6.45) is 0. The third kappa shape index (κ3) is 5.92. The molecule has 3 aromatic carbocycles. The number of aryl methyl sites for hydroxylation is 2. The Morgan fingerprint density at radius 3 is 2.55 bits per heavy atom. The summed E-state index contributed by atoms with van der Waals surface area (Å²) < 4.78 is 19.3. The number of piperazine rings is 1. The molecule has 172 valence electrons. The second kappa shape index (κ2) is 10.4. The van der Waals surface area contributed by atoms with E-state index in [1.165, 1.54) is 12.1 Å². The molecule has 0 bridgehead atoms. The van der Waals surface area contributed by atoms with Crippen LogP contribution in [-0.2, 0) is 13.2 Å². The van der Waals surface area contributed by atoms with Crippen LogP contribution < -0.4 is 4.74 Å². The van der Waals surface area contributed by atoms with Gasteiger partial charge in [0.1, 0.15) is 18.2 Å². The number of halogens is 2. The molecule has 1 aliphatic rings. The fraction of sp³-hybridized carbons (Fsp3) is 0.296. The molecular formula is C27H28ClFN2O2. The number of amides is 1. The van der Waals surface area contributed by atoms with Gasteiger partial charge in [-0.05, 0) is 66.4 Å². The van der Waals surface area contributed by atoms with Crippen LogP contribution in [0.15, 0.2) is 60.7 Å². The van der Waals surface area contributed by atoms with Gasteiger partial charge in [0.15, 0.2) is 0 Å². The molecule has 4 nitrogen and oxygen atoms in total. The molecule has 6 heteroatoms. The van der Waals surface area contributed by atoms with Crippen LogP contribution in [0.3, 0.4) is 0 Å². The zero-order valence-corrected chi connectivity index (χ0v) is 19.7. The highest BCUT2D eigenvalue weighted by Crippen LogP contribution is 2.22. The van der Waals surface area contributed by atoms with Gasteiger partial charge in [0, 0.05) is 43.3 Å². The number of carbonyl (C=O) groups is 1. The summed E-state index contributed by atoms with van der Waals surface area (Å²) in [6, 6.07) is 18.3. The number of hydrogen-bond acceptors (Lipinski definition) is 3. The number of carbonyl (C=O) groups excluding carboxylic acids is 1. The molecule has 33 heavy (non-hydrogen) atoms. The van der Waals surface area contributed by atoms with Gasteiger partial charge in [-0.25, -0.2) is 4.39 Å². The van der Waals surface area contributed by atoms with Crippen molar-refractivity contribution in [1.82, 2.24) is 9.80 Å². The lowest BCUT2D eigenvalue weighted by Crippen LogP contribution is -2.48. The molecule has 0 saturated carbocycles. The minimum absolute atomic E-state index is 0.0306. The largest absolute Gasteiger partial charge is 0.489 e. The van der Waals surface area contributed by atoms with Crippen LogP contribution >= 0.6 is 11.6 Å². The summed E-state index contributed by atoms with van der Waals surface area (Å²) in [5.41, 5.74) is 4.78. The van der Waals surface area contributed by atoms with E-state index in [9.17, 15) is 9.18 Å². The van der Waals surface area contributed by atoms with Gasteiger partial charge in [-0.2, -0.15) is 0 Å². The van der Waals surface area contributed by atoms with E-state index in [1.54, 1.807) is 6.07 Å². The van der Waals surface area contributed by atoms with Crippen LogP contribution in [0.25, 0.3) is 0 Å². The summed E-state index contributed by atoms with van der Waals surface area (Å²) in [5, 5.41) is 0.438. The van der Waals surface area contributed by atoms with E-state index in [4.69, 9.17) is 16.3 Å². The van der Waals surface area contributed by atoms with E-state index in [-0.39, 0.29) is 11.7 Å². The smallest absolute Gasteiger partial charge is 0.253 e. The first kappa shape index (κ1) is 23.3. The topological polar surface area (TPSA) is 32.8 Å². The van der Waals surface area contributed by atoms with E-state index in [2.05, 4.69) is 11.0 Å². The molecule has 0 aliphatic carbocycles. The zero-order valence-electron chi connectivity index (χ0n) is 19.0. The molecule has 1 fully saturated rings. The van der Waals surface area contributed by atoms with Gasteiger partial charge < -0.3 is 9.64 Å². The highest BCUT2D eigenvalue weighted by atomic mass is 35.5. The normalized spacial score (nSPS) is 14.4. The lowest BCUT2D eigenvalue weighted by atomic mass is 10.1. The lowest BCUT2D eigenvalue weighted by Gasteiger charge is -2.35. The van der Waals surface area contributed by atoms with Crippen molar-refractivity contribution in [1.29, 1.82) is 0 Å². The molecule has 1 saturated heterocycles. The molecule has 0 radical (unpaired) electrons. The van der Waals surface area contributed by atoms with Gasteiger partial charge in [-0.15, -0.1) is 0 Å². The highest BCUT2D eigenvalue weighted by molar-refractivity contribution is 6.31. The van der Waals surface area contributed by atoms with E-state index in [1.807, 2.05) is 55.1 Å². The Labute approximate surface area is 199 Å². The van der Waals surface area contributed by atoms with Gasteiger partial charge in [-0.1, -0.05) is 41.9 Å². The highest BCUT2D eigenvalue weighted by Gasteiger charge is 2.23. The van der Waals surface area contributed by atoms with Crippen molar-refractivity contribution in [3.8, 4) is 5.75 Å². The first-order chi connectivity index (χ1) is 15.9. The van der Waals surface area contributed by atoms with Crippen LogP contribution in [0, 0.1) is 19.7 Å². The maximum absolute atomic E-state index is 13.3. The average molecular weight is 467 g/mol.